The van der Waals surface area contributed by atoms with E-state index in [1.54, 1.807) is 18.2 Å². The molecule has 1 aromatic carbocycles. The van der Waals surface area contributed by atoms with Crippen LogP contribution in [-0.4, -0.2) is 10.9 Å². The van der Waals surface area contributed by atoms with E-state index >= 15 is 0 Å². The molecule has 1 amide bonds. The lowest BCUT2D eigenvalue weighted by Gasteiger charge is -2.07. The predicted molar refractivity (Wildman–Crippen MR) is 72.8 cm³/mol. The van der Waals surface area contributed by atoms with Crippen LogP contribution < -0.4 is 11.1 Å². The summed E-state index contributed by atoms with van der Waals surface area (Å²) >= 11 is 5.95. The molecule has 0 fully saturated rings. The van der Waals surface area contributed by atoms with Gasteiger partial charge in [0.05, 0.1) is 34.2 Å². The Morgan fingerprint density at radius 3 is 2.79 bits per heavy atom. The lowest BCUT2D eigenvalue weighted by Crippen LogP contribution is -2.14. The van der Waals surface area contributed by atoms with E-state index < -0.39 is 5.91 Å². The van der Waals surface area contributed by atoms with E-state index in [-0.39, 0.29) is 5.69 Å². The van der Waals surface area contributed by atoms with Gasteiger partial charge in [0, 0.05) is 0 Å². The van der Waals surface area contributed by atoms with Crippen molar-refractivity contribution in [3.05, 3.63) is 52.8 Å². The number of hydrogen-bond acceptors (Lipinski definition) is 4. The molecule has 0 spiro atoms. The molecule has 0 aliphatic heterocycles. The molecule has 0 saturated heterocycles. The van der Waals surface area contributed by atoms with Gasteiger partial charge in [0.1, 0.15) is 5.69 Å². The standard InChI is InChI=1S/C13H9ClN4O/c14-10-3-1-8(6-15)5-12(10)18-13(19)11-4-2-9(16)7-17-11/h1-5,7H,16H2,(H,18,19). The lowest BCUT2D eigenvalue weighted by atomic mass is 10.2. The summed E-state index contributed by atoms with van der Waals surface area (Å²) < 4.78 is 0. The summed E-state index contributed by atoms with van der Waals surface area (Å²) in [5.41, 5.74) is 6.95. The number of nitrogens with two attached hydrogens (primary N) is 1. The largest absolute Gasteiger partial charge is 0.397 e. The number of aromatic nitrogens is 1. The molecule has 0 aliphatic rings. The Morgan fingerprint density at radius 2 is 2.16 bits per heavy atom. The van der Waals surface area contributed by atoms with Crippen molar-refractivity contribution in [2.24, 2.45) is 0 Å². The van der Waals surface area contributed by atoms with Crippen molar-refractivity contribution in [1.29, 1.82) is 5.26 Å². The quantitative estimate of drug-likeness (QED) is 0.878. The van der Waals surface area contributed by atoms with Crippen LogP contribution in [0.15, 0.2) is 36.5 Å². The molecule has 1 heterocycles. The fourth-order valence-electron chi connectivity index (χ4n) is 1.42. The molecular formula is C13H9ClN4O. The highest BCUT2D eigenvalue weighted by Crippen LogP contribution is 2.23. The third kappa shape index (κ3) is 3.00. The maximum absolute atomic E-state index is 11.9. The summed E-state index contributed by atoms with van der Waals surface area (Å²) in [7, 11) is 0. The van der Waals surface area contributed by atoms with Crippen LogP contribution >= 0.6 is 11.6 Å². The number of nitrogens with zero attached hydrogens (tertiary/aromatic N) is 2. The number of nitriles is 1. The Balaban J connectivity index is 2.24. The molecule has 5 nitrogen and oxygen atoms in total. The first-order valence-corrected chi connectivity index (χ1v) is 5.70. The van der Waals surface area contributed by atoms with E-state index in [9.17, 15) is 4.79 Å². The van der Waals surface area contributed by atoms with Crippen LogP contribution in [0.1, 0.15) is 16.1 Å². The van der Waals surface area contributed by atoms with Crippen LogP contribution in [0, 0.1) is 11.3 Å². The highest BCUT2D eigenvalue weighted by molar-refractivity contribution is 6.33. The molecule has 0 bridgehead atoms. The number of halogens is 1. The maximum Gasteiger partial charge on any atom is 0.274 e. The summed E-state index contributed by atoms with van der Waals surface area (Å²) in [6, 6.07) is 9.67. The fourth-order valence-corrected chi connectivity index (χ4v) is 1.58. The lowest BCUT2D eigenvalue weighted by molar-refractivity contribution is 0.102. The van der Waals surface area contributed by atoms with Gasteiger partial charge in [-0.2, -0.15) is 5.26 Å². The van der Waals surface area contributed by atoms with Crippen LogP contribution in [0.3, 0.4) is 0 Å². The van der Waals surface area contributed by atoms with Crippen molar-refractivity contribution >= 4 is 28.9 Å². The minimum Gasteiger partial charge on any atom is -0.397 e. The van der Waals surface area contributed by atoms with Gasteiger partial charge >= 0.3 is 0 Å². The summed E-state index contributed by atoms with van der Waals surface area (Å²) in [6.45, 7) is 0. The zero-order valence-corrected chi connectivity index (χ0v) is 10.5. The normalized spacial score (nSPS) is 9.68. The molecule has 3 N–H and O–H groups in total. The molecule has 0 unspecified atom stereocenters. The molecule has 0 radical (unpaired) electrons. The number of pyridine rings is 1. The second-order valence-corrected chi connectivity index (χ2v) is 4.14. The second kappa shape index (κ2) is 5.38. The smallest absolute Gasteiger partial charge is 0.274 e. The Kier molecular flexibility index (Phi) is 3.64. The van der Waals surface area contributed by atoms with Crippen LogP contribution in [-0.2, 0) is 0 Å². The molecule has 94 valence electrons. The summed E-state index contributed by atoms with van der Waals surface area (Å²) in [6.07, 6.45) is 1.39. The molecule has 0 aliphatic carbocycles. The number of hydrogen-bond donors (Lipinski definition) is 2. The van der Waals surface area contributed by atoms with Gasteiger partial charge in [-0.05, 0) is 30.3 Å². The first-order valence-electron chi connectivity index (χ1n) is 5.32. The predicted octanol–water partition coefficient (Wildman–Crippen LogP) is 2.44. The van der Waals surface area contributed by atoms with Crippen LogP contribution in [0.2, 0.25) is 5.02 Å². The summed E-state index contributed by atoms with van der Waals surface area (Å²) in [4.78, 5) is 15.8. The van der Waals surface area contributed by atoms with Gasteiger partial charge in [-0.15, -0.1) is 0 Å². The van der Waals surface area contributed by atoms with Crippen molar-refractivity contribution in [2.75, 3.05) is 11.1 Å². The molecule has 2 rings (SSSR count). The first-order chi connectivity index (χ1) is 9.10. The number of carbonyl (C=O) groups excluding carboxylic acids is 1. The van der Waals surface area contributed by atoms with Crippen LogP contribution in [0.5, 0.6) is 0 Å². The SMILES string of the molecule is N#Cc1ccc(Cl)c(NC(=O)c2ccc(N)cn2)c1. The molecular weight excluding hydrogens is 264 g/mol. The van der Waals surface area contributed by atoms with Crippen molar-refractivity contribution in [3.63, 3.8) is 0 Å². The third-order valence-electron chi connectivity index (χ3n) is 2.36. The van der Waals surface area contributed by atoms with Gasteiger partial charge in [0.2, 0.25) is 0 Å². The fraction of sp³-hybridized carbons (Fsp3) is 0. The average Bonchev–Trinajstić information content (AvgIpc) is 2.42. The van der Waals surface area contributed by atoms with E-state index in [1.807, 2.05) is 6.07 Å². The first kappa shape index (κ1) is 12.9. The minimum atomic E-state index is -0.419. The Morgan fingerprint density at radius 1 is 1.37 bits per heavy atom. The van der Waals surface area contributed by atoms with Gasteiger partial charge in [-0.3, -0.25) is 4.79 Å². The average molecular weight is 273 g/mol. The Labute approximate surface area is 114 Å². The number of benzene rings is 1. The van der Waals surface area contributed by atoms with Crippen molar-refractivity contribution in [2.45, 2.75) is 0 Å². The van der Waals surface area contributed by atoms with E-state index in [4.69, 9.17) is 22.6 Å². The highest BCUT2D eigenvalue weighted by Gasteiger charge is 2.10. The Bertz CT molecular complexity index is 661. The van der Waals surface area contributed by atoms with Gasteiger partial charge in [0.15, 0.2) is 0 Å². The van der Waals surface area contributed by atoms with E-state index in [1.165, 1.54) is 18.3 Å². The van der Waals surface area contributed by atoms with E-state index in [2.05, 4.69) is 10.3 Å². The van der Waals surface area contributed by atoms with Gasteiger partial charge in [-0.1, -0.05) is 11.6 Å². The van der Waals surface area contributed by atoms with E-state index in [0.29, 0.717) is 22.0 Å². The molecule has 0 saturated carbocycles. The van der Waals surface area contributed by atoms with Gasteiger partial charge in [0.25, 0.3) is 5.91 Å². The monoisotopic (exact) mass is 272 g/mol. The molecule has 0 atom stereocenters. The summed E-state index contributed by atoms with van der Waals surface area (Å²) in [5, 5.41) is 11.7. The summed E-state index contributed by atoms with van der Waals surface area (Å²) in [5.74, 6) is -0.419. The van der Waals surface area contributed by atoms with E-state index in [0.717, 1.165) is 0 Å². The molecule has 19 heavy (non-hydrogen) atoms. The zero-order valence-electron chi connectivity index (χ0n) is 9.72. The van der Waals surface area contributed by atoms with Crippen molar-refractivity contribution in [3.8, 4) is 6.07 Å². The van der Waals surface area contributed by atoms with Crippen molar-refractivity contribution in [1.82, 2.24) is 4.98 Å². The van der Waals surface area contributed by atoms with Crippen molar-refractivity contribution < 1.29 is 4.79 Å². The number of rotatable bonds is 2. The minimum absolute atomic E-state index is 0.215. The number of nitrogen functional groups attached to an aromatic ring is 1. The number of carbonyl (C=O) groups is 1. The molecule has 2 aromatic rings. The van der Waals surface area contributed by atoms with Crippen LogP contribution in [0.4, 0.5) is 11.4 Å². The van der Waals surface area contributed by atoms with Gasteiger partial charge in [-0.25, -0.2) is 4.98 Å². The number of amides is 1. The van der Waals surface area contributed by atoms with Gasteiger partial charge < -0.3 is 11.1 Å². The Hall–Kier alpha value is -2.58. The second-order valence-electron chi connectivity index (χ2n) is 3.74. The highest BCUT2D eigenvalue weighted by atomic mass is 35.5. The maximum atomic E-state index is 11.9. The molecule has 6 heteroatoms. The topological polar surface area (TPSA) is 91.8 Å². The number of anilines is 2. The molecule has 1 aromatic heterocycles. The number of nitrogens with one attached hydrogen (secondary N) is 1. The zero-order chi connectivity index (χ0) is 13.8. The van der Waals surface area contributed by atoms with Crippen LogP contribution in [0.25, 0.3) is 0 Å². The third-order valence-corrected chi connectivity index (χ3v) is 2.69.